The minimum absolute atomic E-state index is 0.690. The maximum atomic E-state index is 5.67. The SMILES string of the molecule is Cc1ccc(-c2nnc(SCCCCl)n2C)cc1. The number of aryl methyl sites for hydroxylation is 1. The first kappa shape index (κ1) is 13.4. The van der Waals surface area contributed by atoms with Crippen LogP contribution in [0.1, 0.15) is 12.0 Å². The molecule has 0 saturated carbocycles. The average Bonchev–Trinajstić information content (AvgIpc) is 2.73. The molecular weight excluding hydrogens is 266 g/mol. The van der Waals surface area contributed by atoms with Crippen molar-refractivity contribution >= 4 is 23.4 Å². The number of aromatic nitrogens is 3. The molecule has 0 radical (unpaired) electrons. The number of hydrogen-bond donors (Lipinski definition) is 0. The van der Waals surface area contributed by atoms with E-state index in [0.717, 1.165) is 28.7 Å². The fraction of sp³-hybridized carbons (Fsp3) is 0.385. The molecule has 1 aromatic carbocycles. The summed E-state index contributed by atoms with van der Waals surface area (Å²) in [7, 11) is 2.00. The molecule has 0 fully saturated rings. The lowest BCUT2D eigenvalue weighted by molar-refractivity contribution is 0.793. The first-order chi connectivity index (χ1) is 8.72. The summed E-state index contributed by atoms with van der Waals surface area (Å²) in [6.07, 6.45) is 0.985. The molecule has 1 aromatic heterocycles. The number of hydrogen-bond acceptors (Lipinski definition) is 3. The van der Waals surface area contributed by atoms with Gasteiger partial charge in [-0.15, -0.1) is 21.8 Å². The highest BCUT2D eigenvalue weighted by atomic mass is 35.5. The fourth-order valence-electron chi connectivity index (χ4n) is 1.61. The molecule has 2 aromatic rings. The molecule has 0 aliphatic heterocycles. The molecule has 3 nitrogen and oxygen atoms in total. The lowest BCUT2D eigenvalue weighted by Crippen LogP contribution is -1.95. The van der Waals surface area contributed by atoms with Gasteiger partial charge < -0.3 is 4.57 Å². The third-order valence-electron chi connectivity index (χ3n) is 2.65. The van der Waals surface area contributed by atoms with Gasteiger partial charge in [0.1, 0.15) is 0 Å². The number of alkyl halides is 1. The molecule has 0 aliphatic rings. The molecule has 2 rings (SSSR count). The van der Waals surface area contributed by atoms with E-state index in [1.54, 1.807) is 11.8 Å². The summed E-state index contributed by atoms with van der Waals surface area (Å²) in [5.74, 6) is 2.57. The molecule has 18 heavy (non-hydrogen) atoms. The third-order valence-corrected chi connectivity index (χ3v) is 4.03. The molecule has 0 spiro atoms. The fourth-order valence-corrected chi connectivity index (χ4v) is 2.75. The zero-order valence-electron chi connectivity index (χ0n) is 10.6. The Labute approximate surface area is 117 Å². The van der Waals surface area contributed by atoms with Crippen molar-refractivity contribution in [2.24, 2.45) is 7.05 Å². The number of thioether (sulfide) groups is 1. The van der Waals surface area contributed by atoms with E-state index in [4.69, 9.17) is 11.6 Å². The maximum Gasteiger partial charge on any atom is 0.191 e. The van der Waals surface area contributed by atoms with Gasteiger partial charge in [-0.1, -0.05) is 41.6 Å². The van der Waals surface area contributed by atoms with Crippen molar-refractivity contribution in [2.75, 3.05) is 11.6 Å². The molecule has 0 amide bonds. The van der Waals surface area contributed by atoms with E-state index in [0.29, 0.717) is 5.88 Å². The van der Waals surface area contributed by atoms with Crippen molar-refractivity contribution in [2.45, 2.75) is 18.5 Å². The smallest absolute Gasteiger partial charge is 0.191 e. The van der Waals surface area contributed by atoms with E-state index < -0.39 is 0 Å². The topological polar surface area (TPSA) is 30.7 Å². The lowest BCUT2D eigenvalue weighted by atomic mass is 10.1. The van der Waals surface area contributed by atoms with E-state index in [1.807, 2.05) is 11.6 Å². The van der Waals surface area contributed by atoms with E-state index in [9.17, 15) is 0 Å². The Balaban J connectivity index is 2.17. The van der Waals surface area contributed by atoms with Gasteiger partial charge in [0.2, 0.25) is 0 Å². The van der Waals surface area contributed by atoms with Gasteiger partial charge in [-0.3, -0.25) is 0 Å². The number of rotatable bonds is 5. The molecule has 0 N–H and O–H groups in total. The first-order valence-electron chi connectivity index (χ1n) is 5.87. The van der Waals surface area contributed by atoms with E-state index in [-0.39, 0.29) is 0 Å². The molecule has 0 unspecified atom stereocenters. The Morgan fingerprint density at radius 2 is 1.94 bits per heavy atom. The molecular formula is C13H16ClN3S. The summed E-state index contributed by atoms with van der Waals surface area (Å²) in [5, 5.41) is 9.41. The van der Waals surface area contributed by atoms with Crippen LogP contribution in [-0.4, -0.2) is 26.4 Å². The predicted octanol–water partition coefficient (Wildman–Crippen LogP) is 3.51. The number of benzene rings is 1. The predicted molar refractivity (Wildman–Crippen MR) is 77.2 cm³/mol. The Morgan fingerprint density at radius 1 is 1.22 bits per heavy atom. The molecule has 0 aliphatic carbocycles. The summed E-state index contributed by atoms with van der Waals surface area (Å²) in [4.78, 5) is 0. The number of halogens is 1. The zero-order chi connectivity index (χ0) is 13.0. The minimum atomic E-state index is 0.690. The van der Waals surface area contributed by atoms with Gasteiger partial charge in [0, 0.05) is 24.2 Å². The average molecular weight is 282 g/mol. The van der Waals surface area contributed by atoms with Crippen molar-refractivity contribution in [3.05, 3.63) is 29.8 Å². The molecule has 1 heterocycles. The Morgan fingerprint density at radius 3 is 2.61 bits per heavy atom. The van der Waals surface area contributed by atoms with Gasteiger partial charge in [-0.05, 0) is 13.3 Å². The normalized spacial score (nSPS) is 10.8. The second-order valence-electron chi connectivity index (χ2n) is 4.12. The Kier molecular flexibility index (Phi) is 4.66. The van der Waals surface area contributed by atoms with Crippen LogP contribution in [0.4, 0.5) is 0 Å². The second kappa shape index (κ2) is 6.25. The molecule has 0 saturated heterocycles. The molecule has 0 bridgehead atoms. The van der Waals surface area contributed by atoms with Crippen LogP contribution in [0.15, 0.2) is 29.4 Å². The maximum absolute atomic E-state index is 5.67. The van der Waals surface area contributed by atoms with Gasteiger partial charge in [-0.2, -0.15) is 0 Å². The largest absolute Gasteiger partial charge is 0.305 e. The van der Waals surface area contributed by atoms with E-state index in [2.05, 4.69) is 41.4 Å². The third kappa shape index (κ3) is 3.06. The highest BCUT2D eigenvalue weighted by Crippen LogP contribution is 2.23. The van der Waals surface area contributed by atoms with Crippen LogP contribution in [0.3, 0.4) is 0 Å². The highest BCUT2D eigenvalue weighted by Gasteiger charge is 2.10. The summed E-state index contributed by atoms with van der Waals surface area (Å²) < 4.78 is 2.03. The van der Waals surface area contributed by atoms with Crippen LogP contribution in [0.5, 0.6) is 0 Å². The van der Waals surface area contributed by atoms with Gasteiger partial charge in [-0.25, -0.2) is 0 Å². The standard InChI is InChI=1S/C13H16ClN3S/c1-10-4-6-11(7-5-10)12-15-16-13(17(12)2)18-9-3-8-14/h4-7H,3,8-9H2,1-2H3. The van der Waals surface area contributed by atoms with Crippen LogP contribution >= 0.6 is 23.4 Å². The zero-order valence-corrected chi connectivity index (χ0v) is 12.1. The molecule has 0 atom stereocenters. The van der Waals surface area contributed by atoms with Crippen molar-refractivity contribution < 1.29 is 0 Å². The van der Waals surface area contributed by atoms with Crippen LogP contribution in [-0.2, 0) is 7.05 Å². The second-order valence-corrected chi connectivity index (χ2v) is 5.56. The van der Waals surface area contributed by atoms with Crippen LogP contribution in [0, 0.1) is 6.92 Å². The first-order valence-corrected chi connectivity index (χ1v) is 7.39. The van der Waals surface area contributed by atoms with Crippen LogP contribution < -0.4 is 0 Å². The van der Waals surface area contributed by atoms with Crippen molar-refractivity contribution in [1.82, 2.24) is 14.8 Å². The molecule has 5 heteroatoms. The highest BCUT2D eigenvalue weighted by molar-refractivity contribution is 7.99. The van der Waals surface area contributed by atoms with Crippen molar-refractivity contribution in [3.8, 4) is 11.4 Å². The summed E-state index contributed by atoms with van der Waals surface area (Å²) in [6.45, 7) is 2.08. The quantitative estimate of drug-likeness (QED) is 0.477. The Bertz CT molecular complexity index is 507. The Hall–Kier alpha value is -1.00. The van der Waals surface area contributed by atoms with Gasteiger partial charge >= 0.3 is 0 Å². The molecule has 96 valence electrons. The summed E-state index contributed by atoms with van der Waals surface area (Å²) in [6, 6.07) is 8.33. The lowest BCUT2D eigenvalue weighted by Gasteiger charge is -2.03. The van der Waals surface area contributed by atoms with Gasteiger partial charge in [0.05, 0.1) is 0 Å². The van der Waals surface area contributed by atoms with Crippen LogP contribution in [0.25, 0.3) is 11.4 Å². The minimum Gasteiger partial charge on any atom is -0.305 e. The van der Waals surface area contributed by atoms with Crippen molar-refractivity contribution in [3.63, 3.8) is 0 Å². The monoisotopic (exact) mass is 281 g/mol. The van der Waals surface area contributed by atoms with E-state index >= 15 is 0 Å². The summed E-state index contributed by atoms with van der Waals surface area (Å²) in [5.41, 5.74) is 2.34. The van der Waals surface area contributed by atoms with Gasteiger partial charge in [0.15, 0.2) is 11.0 Å². The summed E-state index contributed by atoms with van der Waals surface area (Å²) >= 11 is 7.36. The van der Waals surface area contributed by atoms with Crippen LogP contribution in [0.2, 0.25) is 0 Å². The van der Waals surface area contributed by atoms with E-state index in [1.165, 1.54) is 5.56 Å². The number of nitrogens with zero attached hydrogens (tertiary/aromatic N) is 3. The van der Waals surface area contributed by atoms with Crippen molar-refractivity contribution in [1.29, 1.82) is 0 Å². The van der Waals surface area contributed by atoms with Gasteiger partial charge in [0.25, 0.3) is 0 Å².